The van der Waals surface area contributed by atoms with Crippen molar-refractivity contribution in [2.75, 3.05) is 0 Å². The number of rotatable bonds is 3. The fraction of sp³-hybridized carbons (Fsp3) is 0.273. The van der Waals surface area contributed by atoms with Gasteiger partial charge >= 0.3 is 0 Å². The van der Waals surface area contributed by atoms with Crippen LogP contribution in [0.4, 0.5) is 8.78 Å². The summed E-state index contributed by atoms with van der Waals surface area (Å²) in [5.74, 6) is -0.371. The first kappa shape index (κ1) is 13.0. The molecule has 0 aliphatic carbocycles. The molecule has 19 heavy (non-hydrogen) atoms. The van der Waals surface area contributed by atoms with E-state index in [9.17, 15) is 8.78 Å². The van der Waals surface area contributed by atoms with Crippen molar-refractivity contribution in [1.82, 2.24) is 19.7 Å². The minimum Gasteiger partial charge on any atom is -0.322 e. The van der Waals surface area contributed by atoms with Crippen LogP contribution in [0.1, 0.15) is 36.6 Å². The minimum atomic E-state index is -2.81. The van der Waals surface area contributed by atoms with Crippen LogP contribution in [-0.2, 0) is 0 Å². The predicted octanol–water partition coefficient (Wildman–Crippen LogP) is 1.49. The van der Waals surface area contributed by atoms with E-state index in [1.165, 1.54) is 12.3 Å². The Kier molecular flexibility index (Phi) is 3.48. The van der Waals surface area contributed by atoms with E-state index in [1.807, 2.05) is 6.07 Å². The first-order valence-corrected chi connectivity index (χ1v) is 5.40. The van der Waals surface area contributed by atoms with Gasteiger partial charge in [-0.05, 0) is 19.1 Å². The Hall–Kier alpha value is -2.40. The Balaban J connectivity index is 2.64. The van der Waals surface area contributed by atoms with E-state index in [4.69, 9.17) is 11.0 Å². The molecule has 0 aliphatic heterocycles. The van der Waals surface area contributed by atoms with Crippen molar-refractivity contribution in [3.8, 4) is 11.9 Å². The summed E-state index contributed by atoms with van der Waals surface area (Å²) in [5, 5.41) is 12.7. The van der Waals surface area contributed by atoms with E-state index in [-0.39, 0.29) is 17.2 Å². The van der Waals surface area contributed by atoms with Gasteiger partial charge in [0.15, 0.2) is 11.6 Å². The Morgan fingerprint density at radius 3 is 2.79 bits per heavy atom. The van der Waals surface area contributed by atoms with E-state index in [1.54, 1.807) is 13.0 Å². The maximum atomic E-state index is 12.7. The highest BCUT2D eigenvalue weighted by molar-refractivity contribution is 5.43. The van der Waals surface area contributed by atoms with Crippen LogP contribution >= 0.6 is 0 Å². The van der Waals surface area contributed by atoms with Gasteiger partial charge in [-0.1, -0.05) is 0 Å². The normalized spacial score (nSPS) is 12.4. The van der Waals surface area contributed by atoms with Gasteiger partial charge in [-0.3, -0.25) is 0 Å². The molecule has 8 heteroatoms. The van der Waals surface area contributed by atoms with Crippen molar-refractivity contribution in [3.05, 3.63) is 35.5 Å². The fourth-order valence-corrected chi connectivity index (χ4v) is 1.54. The molecule has 2 aromatic rings. The molecule has 0 aromatic carbocycles. The van der Waals surface area contributed by atoms with Gasteiger partial charge in [0, 0.05) is 6.20 Å². The molecule has 2 N–H and O–H groups in total. The van der Waals surface area contributed by atoms with Crippen LogP contribution < -0.4 is 5.73 Å². The molecule has 0 radical (unpaired) electrons. The maximum absolute atomic E-state index is 12.7. The van der Waals surface area contributed by atoms with Crippen LogP contribution in [0.5, 0.6) is 0 Å². The van der Waals surface area contributed by atoms with Gasteiger partial charge < -0.3 is 5.73 Å². The summed E-state index contributed by atoms with van der Waals surface area (Å²) in [6, 6.07) is 4.38. The molecule has 0 aliphatic rings. The average molecular weight is 264 g/mol. The number of alkyl halides is 2. The number of pyridine rings is 1. The van der Waals surface area contributed by atoms with Crippen LogP contribution in [0, 0.1) is 11.3 Å². The third-order valence-electron chi connectivity index (χ3n) is 2.36. The van der Waals surface area contributed by atoms with Gasteiger partial charge in [-0.25, -0.2) is 18.7 Å². The lowest BCUT2D eigenvalue weighted by Crippen LogP contribution is -2.15. The first-order valence-electron chi connectivity index (χ1n) is 5.40. The Labute approximate surface area is 107 Å². The second-order valence-corrected chi connectivity index (χ2v) is 3.82. The molecule has 6 nitrogen and oxygen atoms in total. The molecular formula is C11H10F2N6. The molecule has 0 saturated carbocycles. The van der Waals surface area contributed by atoms with Gasteiger partial charge in [0.1, 0.15) is 6.07 Å². The maximum Gasteiger partial charge on any atom is 0.299 e. The second kappa shape index (κ2) is 5.07. The predicted molar refractivity (Wildman–Crippen MR) is 61.4 cm³/mol. The van der Waals surface area contributed by atoms with Crippen molar-refractivity contribution < 1.29 is 8.78 Å². The lowest BCUT2D eigenvalue weighted by Gasteiger charge is -2.08. The number of hydrogen-bond donors (Lipinski definition) is 1. The molecule has 2 heterocycles. The van der Waals surface area contributed by atoms with E-state index in [0.717, 1.165) is 4.68 Å². The number of nitriles is 1. The van der Waals surface area contributed by atoms with Gasteiger partial charge in [0.2, 0.25) is 5.82 Å². The highest BCUT2D eigenvalue weighted by atomic mass is 19.3. The van der Waals surface area contributed by atoms with Crippen LogP contribution in [0.25, 0.3) is 5.82 Å². The average Bonchev–Trinajstić information content (AvgIpc) is 2.83. The zero-order valence-corrected chi connectivity index (χ0v) is 9.96. The summed E-state index contributed by atoms with van der Waals surface area (Å²) < 4.78 is 26.4. The monoisotopic (exact) mass is 264 g/mol. The van der Waals surface area contributed by atoms with E-state index < -0.39 is 18.3 Å². The van der Waals surface area contributed by atoms with Crippen molar-refractivity contribution in [2.24, 2.45) is 5.73 Å². The number of hydrogen-bond acceptors (Lipinski definition) is 5. The molecule has 0 spiro atoms. The molecule has 2 aromatic heterocycles. The van der Waals surface area contributed by atoms with Crippen LogP contribution in [0.15, 0.2) is 18.3 Å². The minimum absolute atomic E-state index is 0.130. The molecule has 0 fully saturated rings. The van der Waals surface area contributed by atoms with Gasteiger partial charge in [-0.2, -0.15) is 9.94 Å². The van der Waals surface area contributed by atoms with Gasteiger partial charge in [0.05, 0.1) is 11.6 Å². The van der Waals surface area contributed by atoms with Crippen molar-refractivity contribution >= 4 is 0 Å². The van der Waals surface area contributed by atoms with Crippen molar-refractivity contribution in [1.29, 1.82) is 5.26 Å². The molecule has 2 rings (SSSR count). The number of nitrogens with zero attached hydrogens (tertiary/aromatic N) is 5. The fourth-order valence-electron chi connectivity index (χ4n) is 1.54. The second-order valence-electron chi connectivity index (χ2n) is 3.82. The Bertz CT molecular complexity index is 628. The first-order chi connectivity index (χ1) is 9.04. The topological polar surface area (TPSA) is 93.4 Å². The Morgan fingerprint density at radius 1 is 1.47 bits per heavy atom. The molecule has 1 atom stereocenters. The van der Waals surface area contributed by atoms with Crippen molar-refractivity contribution in [3.63, 3.8) is 0 Å². The largest absolute Gasteiger partial charge is 0.322 e. The van der Waals surface area contributed by atoms with Crippen LogP contribution in [0.2, 0.25) is 0 Å². The smallest absolute Gasteiger partial charge is 0.299 e. The highest BCUT2D eigenvalue weighted by Gasteiger charge is 2.22. The van der Waals surface area contributed by atoms with Crippen molar-refractivity contribution in [2.45, 2.75) is 19.4 Å². The van der Waals surface area contributed by atoms with E-state index >= 15 is 0 Å². The van der Waals surface area contributed by atoms with Gasteiger partial charge in [-0.15, -0.1) is 5.10 Å². The zero-order valence-electron chi connectivity index (χ0n) is 9.96. The lowest BCUT2D eigenvalue weighted by molar-refractivity contribution is 0.140. The molecule has 0 bridgehead atoms. The quantitative estimate of drug-likeness (QED) is 0.906. The molecule has 0 saturated heterocycles. The Morgan fingerprint density at radius 2 is 2.21 bits per heavy atom. The summed E-state index contributed by atoms with van der Waals surface area (Å²) in [5.41, 5.74) is 5.88. The lowest BCUT2D eigenvalue weighted by atomic mass is 10.2. The highest BCUT2D eigenvalue weighted by Crippen LogP contribution is 2.20. The summed E-state index contributed by atoms with van der Waals surface area (Å²) in [6.45, 7) is 1.59. The summed E-state index contributed by atoms with van der Waals surface area (Å²) in [4.78, 5) is 7.66. The molecular weight excluding hydrogens is 254 g/mol. The summed E-state index contributed by atoms with van der Waals surface area (Å²) in [7, 11) is 0. The number of aromatic nitrogens is 4. The standard InChI is InChI=1S/C11H10F2N6/c1-6(15)10-17-9(8(12)13)18-19(10)11-7(5-14)3-2-4-16-11/h2-4,6,8H,15H2,1H3. The number of nitrogens with two attached hydrogens (primary N) is 1. The summed E-state index contributed by atoms with van der Waals surface area (Å²) in [6.07, 6.45) is -1.38. The third kappa shape index (κ3) is 2.41. The molecule has 98 valence electrons. The SMILES string of the molecule is CC(N)c1nc(C(F)F)nn1-c1ncccc1C#N. The number of halogens is 2. The van der Waals surface area contributed by atoms with Crippen LogP contribution in [-0.4, -0.2) is 19.7 Å². The van der Waals surface area contributed by atoms with Crippen LogP contribution in [0.3, 0.4) is 0 Å². The molecule has 0 amide bonds. The summed E-state index contributed by atoms with van der Waals surface area (Å²) >= 11 is 0. The zero-order chi connectivity index (χ0) is 14.0. The van der Waals surface area contributed by atoms with E-state index in [2.05, 4.69) is 15.1 Å². The third-order valence-corrected chi connectivity index (χ3v) is 2.36. The van der Waals surface area contributed by atoms with E-state index in [0.29, 0.717) is 0 Å². The van der Waals surface area contributed by atoms with Gasteiger partial charge in [0.25, 0.3) is 6.43 Å². The molecule has 1 unspecified atom stereocenters.